The number of anilines is 1. The molecule has 132 valence electrons. The van der Waals surface area contributed by atoms with Crippen molar-refractivity contribution in [3.05, 3.63) is 65.7 Å². The van der Waals surface area contributed by atoms with Crippen molar-refractivity contribution in [1.29, 1.82) is 0 Å². The lowest BCUT2D eigenvalue weighted by molar-refractivity contribution is -0.137. The van der Waals surface area contributed by atoms with Crippen molar-refractivity contribution < 1.29 is 31.5 Å². The molecule has 0 bridgehead atoms. The number of nitrogens with one attached hydrogen (secondary N) is 1. The quantitative estimate of drug-likeness (QED) is 0.787. The molecule has 5 nitrogen and oxygen atoms in total. The number of rotatable bonds is 5. The zero-order chi connectivity index (χ0) is 18.7. The lowest BCUT2D eigenvalue weighted by Gasteiger charge is -2.11. The predicted octanol–water partition coefficient (Wildman–Crippen LogP) is 3.60. The minimum atomic E-state index is -4.58. The number of carboxylic acid groups (broad SMARTS) is 1. The fraction of sp³-hybridized carbons (Fsp3) is 0.0625. The van der Waals surface area contributed by atoms with E-state index in [0.29, 0.717) is 11.6 Å². The highest BCUT2D eigenvalue weighted by atomic mass is 32.2. The molecule has 0 aliphatic rings. The largest absolute Gasteiger partial charge is 0.478 e. The molecule has 0 heterocycles. The summed E-state index contributed by atoms with van der Waals surface area (Å²) < 4.78 is 64.6. The standard InChI is InChI=1S/C16H12F3NO4S/c17-16(18,19)12-2-1-3-13(10-12)20-25(23,24)14-7-4-11(5-8-14)6-9-15(21)22/h1-10,20H,(H,21,22)/b9-6+. The first-order chi connectivity index (χ1) is 11.6. The van der Waals surface area contributed by atoms with Crippen LogP contribution in [-0.2, 0) is 21.0 Å². The average molecular weight is 371 g/mol. The van der Waals surface area contributed by atoms with Crippen LogP contribution in [0.15, 0.2) is 59.5 Å². The van der Waals surface area contributed by atoms with E-state index in [1.165, 1.54) is 36.4 Å². The molecule has 2 N–H and O–H groups in total. The number of carboxylic acids is 1. The third kappa shape index (κ3) is 5.08. The van der Waals surface area contributed by atoms with E-state index in [1.807, 2.05) is 0 Å². The Morgan fingerprint density at radius 1 is 1.08 bits per heavy atom. The van der Waals surface area contributed by atoms with Gasteiger partial charge in [-0.2, -0.15) is 13.2 Å². The molecule has 25 heavy (non-hydrogen) atoms. The van der Waals surface area contributed by atoms with Crippen molar-refractivity contribution in [2.75, 3.05) is 4.72 Å². The Bertz CT molecular complexity index is 904. The molecule has 0 fully saturated rings. The molecule has 2 aromatic carbocycles. The Kier molecular flexibility index (Phi) is 5.17. The van der Waals surface area contributed by atoms with Crippen LogP contribution in [0.1, 0.15) is 11.1 Å². The maximum absolute atomic E-state index is 12.7. The smallest absolute Gasteiger partial charge is 0.416 e. The van der Waals surface area contributed by atoms with E-state index in [1.54, 1.807) is 0 Å². The van der Waals surface area contributed by atoms with E-state index >= 15 is 0 Å². The molecule has 9 heteroatoms. The molecule has 0 unspecified atom stereocenters. The van der Waals surface area contributed by atoms with Gasteiger partial charge in [0.2, 0.25) is 0 Å². The molecular weight excluding hydrogens is 359 g/mol. The number of benzene rings is 2. The second kappa shape index (κ2) is 6.98. The van der Waals surface area contributed by atoms with Gasteiger partial charge in [0, 0.05) is 11.8 Å². The molecule has 0 aromatic heterocycles. The van der Waals surface area contributed by atoms with Crippen LogP contribution in [0.3, 0.4) is 0 Å². The summed E-state index contributed by atoms with van der Waals surface area (Å²) in [4.78, 5) is 10.3. The molecule has 0 spiro atoms. The van der Waals surface area contributed by atoms with Gasteiger partial charge in [0.05, 0.1) is 10.5 Å². The zero-order valence-electron chi connectivity index (χ0n) is 12.5. The van der Waals surface area contributed by atoms with E-state index < -0.39 is 27.7 Å². The summed E-state index contributed by atoms with van der Waals surface area (Å²) in [5, 5.41) is 8.53. The number of halogens is 3. The highest BCUT2D eigenvalue weighted by Gasteiger charge is 2.30. The van der Waals surface area contributed by atoms with Gasteiger partial charge in [-0.25, -0.2) is 13.2 Å². The van der Waals surface area contributed by atoms with Crippen LogP contribution < -0.4 is 4.72 Å². The first-order valence-electron chi connectivity index (χ1n) is 6.79. The van der Waals surface area contributed by atoms with Crippen LogP contribution in [0.4, 0.5) is 18.9 Å². The number of carbonyl (C=O) groups is 1. The first kappa shape index (κ1) is 18.5. The number of sulfonamides is 1. The Balaban J connectivity index is 2.23. The highest BCUT2D eigenvalue weighted by molar-refractivity contribution is 7.92. The molecule has 0 saturated carbocycles. The highest BCUT2D eigenvalue weighted by Crippen LogP contribution is 2.31. The van der Waals surface area contributed by atoms with Crippen LogP contribution in [0.5, 0.6) is 0 Å². The molecule has 2 aromatic rings. The normalized spacial score (nSPS) is 12.3. The van der Waals surface area contributed by atoms with Gasteiger partial charge in [-0.1, -0.05) is 18.2 Å². The van der Waals surface area contributed by atoms with Crippen LogP contribution >= 0.6 is 0 Å². The third-order valence-corrected chi connectivity index (χ3v) is 4.45. The van der Waals surface area contributed by atoms with Crippen molar-refractivity contribution in [3.63, 3.8) is 0 Å². The summed E-state index contributed by atoms with van der Waals surface area (Å²) in [6.07, 6.45) is -2.41. The van der Waals surface area contributed by atoms with Crippen LogP contribution in [-0.4, -0.2) is 19.5 Å². The van der Waals surface area contributed by atoms with Crippen molar-refractivity contribution in [2.24, 2.45) is 0 Å². The monoisotopic (exact) mass is 371 g/mol. The van der Waals surface area contributed by atoms with Crippen molar-refractivity contribution in [2.45, 2.75) is 11.1 Å². The molecule has 0 atom stereocenters. The second-order valence-electron chi connectivity index (χ2n) is 4.92. The average Bonchev–Trinajstić information content (AvgIpc) is 2.52. The fourth-order valence-corrected chi connectivity index (χ4v) is 2.95. The maximum Gasteiger partial charge on any atom is 0.416 e. The Hall–Kier alpha value is -2.81. The van der Waals surface area contributed by atoms with E-state index in [2.05, 4.69) is 4.72 Å². The van der Waals surface area contributed by atoms with E-state index in [0.717, 1.165) is 18.2 Å². The molecule has 0 aliphatic carbocycles. The number of aliphatic carboxylic acids is 1. The van der Waals surface area contributed by atoms with Crippen LogP contribution in [0.25, 0.3) is 6.08 Å². The van der Waals surface area contributed by atoms with Crippen LogP contribution in [0, 0.1) is 0 Å². The second-order valence-corrected chi connectivity index (χ2v) is 6.61. The maximum atomic E-state index is 12.7. The van der Waals surface area contributed by atoms with Gasteiger partial charge in [0.15, 0.2) is 0 Å². The summed E-state index contributed by atoms with van der Waals surface area (Å²) in [6, 6.07) is 9.02. The molecular formula is C16H12F3NO4S. The van der Waals surface area contributed by atoms with E-state index in [-0.39, 0.29) is 10.6 Å². The van der Waals surface area contributed by atoms with Gasteiger partial charge in [-0.05, 0) is 42.0 Å². The third-order valence-electron chi connectivity index (χ3n) is 3.05. The topological polar surface area (TPSA) is 83.5 Å². The van der Waals surface area contributed by atoms with E-state index in [9.17, 15) is 26.4 Å². The molecule has 0 aliphatic heterocycles. The summed E-state index contributed by atoms with van der Waals surface area (Å²) in [5.41, 5.74) is -0.730. The minimum absolute atomic E-state index is 0.169. The predicted molar refractivity (Wildman–Crippen MR) is 85.4 cm³/mol. The van der Waals surface area contributed by atoms with Gasteiger partial charge < -0.3 is 5.11 Å². The lowest BCUT2D eigenvalue weighted by atomic mass is 10.2. The Labute approximate surface area is 141 Å². The van der Waals surface area contributed by atoms with Crippen LogP contribution in [0.2, 0.25) is 0 Å². The minimum Gasteiger partial charge on any atom is -0.478 e. The zero-order valence-corrected chi connectivity index (χ0v) is 13.3. The van der Waals surface area contributed by atoms with Gasteiger partial charge in [-0.15, -0.1) is 0 Å². The number of hydrogen-bond acceptors (Lipinski definition) is 3. The Morgan fingerprint density at radius 3 is 2.28 bits per heavy atom. The molecule has 0 amide bonds. The summed E-state index contributed by atoms with van der Waals surface area (Å²) in [5.74, 6) is -1.15. The molecule has 0 radical (unpaired) electrons. The van der Waals surface area contributed by atoms with Gasteiger partial charge >= 0.3 is 12.1 Å². The van der Waals surface area contributed by atoms with Gasteiger partial charge in [0.25, 0.3) is 10.0 Å². The Morgan fingerprint density at radius 2 is 1.72 bits per heavy atom. The SMILES string of the molecule is O=C(O)/C=C/c1ccc(S(=O)(=O)Nc2cccc(C(F)(F)F)c2)cc1. The van der Waals surface area contributed by atoms with Crippen molar-refractivity contribution in [1.82, 2.24) is 0 Å². The summed E-state index contributed by atoms with van der Waals surface area (Å²) >= 11 is 0. The summed E-state index contributed by atoms with van der Waals surface area (Å²) in [6.45, 7) is 0. The van der Waals surface area contributed by atoms with E-state index in [4.69, 9.17) is 5.11 Å². The number of alkyl halides is 3. The van der Waals surface area contributed by atoms with Gasteiger partial charge in [0.1, 0.15) is 0 Å². The fourth-order valence-electron chi connectivity index (χ4n) is 1.90. The number of hydrogen-bond donors (Lipinski definition) is 2. The summed E-state index contributed by atoms with van der Waals surface area (Å²) in [7, 11) is -4.08. The molecule has 0 saturated heterocycles. The first-order valence-corrected chi connectivity index (χ1v) is 8.27. The van der Waals surface area contributed by atoms with Crippen molar-refractivity contribution in [3.8, 4) is 0 Å². The molecule has 2 rings (SSSR count). The van der Waals surface area contributed by atoms with Crippen molar-refractivity contribution >= 4 is 27.8 Å². The lowest BCUT2D eigenvalue weighted by Crippen LogP contribution is -2.14. The van der Waals surface area contributed by atoms with Gasteiger partial charge in [-0.3, -0.25) is 4.72 Å².